The van der Waals surface area contributed by atoms with E-state index < -0.39 is 5.91 Å². The van der Waals surface area contributed by atoms with Gasteiger partial charge in [-0.05, 0) is 69.0 Å². The van der Waals surface area contributed by atoms with Crippen LogP contribution in [0.1, 0.15) is 48.7 Å². The van der Waals surface area contributed by atoms with E-state index in [9.17, 15) is 4.79 Å². The number of aromatic nitrogens is 4. The Morgan fingerprint density at radius 1 is 1.02 bits per heavy atom. The fraction of sp³-hybridized carbons (Fsp3) is 0.548. The molecular weight excluding hydrogens is 544 g/mol. The number of hydrogen-bond acceptors (Lipinski definition) is 10. The molecule has 0 bridgehead atoms. The number of rotatable bonds is 9. The first kappa shape index (κ1) is 29.3. The fourth-order valence-corrected chi connectivity index (χ4v) is 6.46. The highest BCUT2D eigenvalue weighted by Crippen LogP contribution is 2.32. The summed E-state index contributed by atoms with van der Waals surface area (Å²) in [5.74, 6) is 0.247. The minimum Gasteiger partial charge on any atom is -0.381 e. The van der Waals surface area contributed by atoms with Crippen molar-refractivity contribution in [2.75, 3.05) is 75.1 Å². The summed E-state index contributed by atoms with van der Waals surface area (Å²) in [7, 11) is 2.21. The first-order valence-electron chi connectivity index (χ1n) is 15.6. The Morgan fingerprint density at radius 2 is 1.79 bits per heavy atom. The molecule has 0 radical (unpaired) electrons. The van der Waals surface area contributed by atoms with Gasteiger partial charge in [0.2, 0.25) is 0 Å². The van der Waals surface area contributed by atoms with Gasteiger partial charge in [0.1, 0.15) is 5.69 Å². The number of aromatic amines is 1. The van der Waals surface area contributed by atoms with Crippen LogP contribution in [0.2, 0.25) is 0 Å². The number of primary amides is 1. The molecule has 0 saturated carbocycles. The van der Waals surface area contributed by atoms with E-state index in [1.807, 2.05) is 0 Å². The Kier molecular flexibility index (Phi) is 9.06. The lowest BCUT2D eigenvalue weighted by Crippen LogP contribution is -2.52. The van der Waals surface area contributed by atoms with Gasteiger partial charge in [0.15, 0.2) is 17.3 Å². The normalized spacial score (nSPS) is 19.4. The van der Waals surface area contributed by atoms with Gasteiger partial charge < -0.3 is 30.9 Å². The summed E-state index contributed by atoms with van der Waals surface area (Å²) in [4.78, 5) is 29.8. The third kappa shape index (κ3) is 6.76. The number of likely N-dealkylation sites (N-methyl/N-ethyl adjacent to an activating group) is 1. The predicted molar refractivity (Wildman–Crippen MR) is 169 cm³/mol. The zero-order valence-corrected chi connectivity index (χ0v) is 25.3. The van der Waals surface area contributed by atoms with E-state index in [1.54, 1.807) is 12.3 Å². The molecule has 12 heteroatoms. The first-order chi connectivity index (χ1) is 21.0. The van der Waals surface area contributed by atoms with Gasteiger partial charge in [-0.25, -0.2) is 9.97 Å². The summed E-state index contributed by atoms with van der Waals surface area (Å²) in [5, 5.41) is 13.9. The van der Waals surface area contributed by atoms with Crippen molar-refractivity contribution in [1.82, 2.24) is 30.0 Å². The number of H-pyrrole nitrogens is 1. The number of piperazine rings is 1. The topological polar surface area (TPSA) is 141 Å². The molecule has 1 amide bonds. The van der Waals surface area contributed by atoms with Crippen LogP contribution in [0, 0.1) is 0 Å². The summed E-state index contributed by atoms with van der Waals surface area (Å²) in [6.07, 6.45) is 6.64. The maximum absolute atomic E-state index is 12.6. The monoisotopic (exact) mass is 588 g/mol. The smallest absolute Gasteiger partial charge is 0.271 e. The number of aryl methyl sites for hydroxylation is 1. The summed E-state index contributed by atoms with van der Waals surface area (Å²) in [6, 6.07) is 9.07. The lowest BCUT2D eigenvalue weighted by Gasteiger charge is -2.43. The SMILES string of the molecule is CCc1cc(Nc2nc(NC3CCOCC3)c(-c3ccn[nH]3)nc2C(N)=O)ccc1N1CCC(N2CCN(C)CC2)CC1. The summed E-state index contributed by atoms with van der Waals surface area (Å²) in [6.45, 7) is 10.4. The largest absolute Gasteiger partial charge is 0.381 e. The van der Waals surface area contributed by atoms with Crippen LogP contribution in [0.4, 0.5) is 23.0 Å². The third-order valence-corrected chi connectivity index (χ3v) is 9.03. The van der Waals surface area contributed by atoms with Crippen LogP contribution in [0.15, 0.2) is 30.5 Å². The van der Waals surface area contributed by atoms with E-state index in [1.165, 1.54) is 37.2 Å². The second-order valence-electron chi connectivity index (χ2n) is 11.9. The number of anilines is 4. The average Bonchev–Trinajstić information content (AvgIpc) is 3.57. The van der Waals surface area contributed by atoms with Crippen molar-refractivity contribution in [2.24, 2.45) is 5.73 Å². The van der Waals surface area contributed by atoms with E-state index in [4.69, 9.17) is 15.5 Å². The maximum Gasteiger partial charge on any atom is 0.271 e. The third-order valence-electron chi connectivity index (χ3n) is 9.03. The van der Waals surface area contributed by atoms with E-state index in [2.05, 4.69) is 72.7 Å². The van der Waals surface area contributed by atoms with Gasteiger partial charge in [0, 0.05) is 82.1 Å². The first-order valence-corrected chi connectivity index (χ1v) is 15.6. The number of piperidine rings is 1. The summed E-state index contributed by atoms with van der Waals surface area (Å²) in [5.41, 5.74) is 10.4. The molecule has 3 aliphatic rings. The van der Waals surface area contributed by atoms with Crippen LogP contribution in [-0.2, 0) is 11.2 Å². The van der Waals surface area contributed by atoms with Crippen LogP contribution < -0.4 is 21.3 Å². The molecule has 6 rings (SSSR count). The molecule has 3 aromatic rings. The van der Waals surface area contributed by atoms with Crippen molar-refractivity contribution in [2.45, 2.75) is 51.1 Å². The van der Waals surface area contributed by atoms with Crippen molar-refractivity contribution >= 4 is 28.9 Å². The Labute approximate surface area is 253 Å². The van der Waals surface area contributed by atoms with Crippen molar-refractivity contribution in [3.8, 4) is 11.4 Å². The zero-order chi connectivity index (χ0) is 29.8. The van der Waals surface area contributed by atoms with Gasteiger partial charge >= 0.3 is 0 Å². The average molecular weight is 589 g/mol. The molecule has 0 unspecified atom stereocenters. The number of ether oxygens (including phenoxy) is 1. The molecule has 3 saturated heterocycles. The van der Waals surface area contributed by atoms with Crippen molar-refractivity contribution in [3.05, 3.63) is 41.7 Å². The molecule has 3 aliphatic heterocycles. The van der Waals surface area contributed by atoms with Crippen LogP contribution in [-0.4, -0.2) is 107 Å². The number of amides is 1. The number of carbonyl (C=O) groups excluding carboxylic acids is 1. The highest BCUT2D eigenvalue weighted by molar-refractivity contribution is 5.97. The van der Waals surface area contributed by atoms with Crippen LogP contribution in [0.25, 0.3) is 11.4 Å². The molecule has 5 heterocycles. The van der Waals surface area contributed by atoms with Gasteiger partial charge in [0.25, 0.3) is 5.91 Å². The minimum atomic E-state index is -0.649. The summed E-state index contributed by atoms with van der Waals surface area (Å²) >= 11 is 0. The number of nitrogens with one attached hydrogen (secondary N) is 3. The quantitative estimate of drug-likeness (QED) is 0.295. The standard InChI is InChI=1S/C31H44N10O2/c1-3-21-20-23(4-5-26(21)41-12-7-24(8-13-41)40-16-14-39(2)15-17-40)35-31-28(29(32)42)36-27(25-6-11-33-38-25)30(37-31)34-22-9-18-43-19-10-22/h4-6,11,20,22,24H,3,7-10,12-19H2,1-2H3,(H2,32,42)(H,33,38)(H2,34,35,37). The molecule has 0 aliphatic carbocycles. The second kappa shape index (κ2) is 13.3. The molecule has 0 spiro atoms. The molecule has 43 heavy (non-hydrogen) atoms. The molecule has 1 aromatic carbocycles. The number of hydrogen-bond donors (Lipinski definition) is 4. The number of nitrogens with two attached hydrogens (primary N) is 1. The van der Waals surface area contributed by atoms with E-state index in [-0.39, 0.29) is 11.7 Å². The van der Waals surface area contributed by atoms with Crippen molar-refractivity contribution in [3.63, 3.8) is 0 Å². The number of benzene rings is 1. The van der Waals surface area contributed by atoms with Gasteiger partial charge in [0.05, 0.1) is 5.69 Å². The Bertz CT molecular complexity index is 1380. The lowest BCUT2D eigenvalue weighted by molar-refractivity contribution is 0.0904. The molecular formula is C31H44N10O2. The van der Waals surface area contributed by atoms with Crippen molar-refractivity contribution < 1.29 is 9.53 Å². The molecule has 2 aromatic heterocycles. The van der Waals surface area contributed by atoms with E-state index in [0.717, 1.165) is 51.1 Å². The minimum absolute atomic E-state index is 0.0789. The number of nitrogens with zero attached hydrogens (tertiary/aromatic N) is 6. The number of carbonyl (C=O) groups is 1. The maximum atomic E-state index is 12.6. The molecule has 0 atom stereocenters. The zero-order valence-electron chi connectivity index (χ0n) is 25.3. The highest BCUT2D eigenvalue weighted by Gasteiger charge is 2.28. The highest BCUT2D eigenvalue weighted by atomic mass is 16.5. The Hall–Kier alpha value is -3.74. The van der Waals surface area contributed by atoms with Crippen LogP contribution in [0.5, 0.6) is 0 Å². The van der Waals surface area contributed by atoms with Gasteiger partial charge in [-0.2, -0.15) is 5.10 Å². The second-order valence-corrected chi connectivity index (χ2v) is 11.9. The van der Waals surface area contributed by atoms with E-state index >= 15 is 0 Å². The lowest BCUT2D eigenvalue weighted by atomic mass is 10.00. The Balaban J connectivity index is 1.22. The van der Waals surface area contributed by atoms with Crippen molar-refractivity contribution in [1.29, 1.82) is 0 Å². The molecule has 5 N–H and O–H groups in total. The van der Waals surface area contributed by atoms with Crippen LogP contribution in [0.3, 0.4) is 0 Å². The Morgan fingerprint density at radius 3 is 2.47 bits per heavy atom. The molecule has 230 valence electrons. The summed E-state index contributed by atoms with van der Waals surface area (Å²) < 4.78 is 5.53. The van der Waals surface area contributed by atoms with Gasteiger partial charge in [-0.1, -0.05) is 6.92 Å². The molecule has 12 nitrogen and oxygen atoms in total. The predicted octanol–water partition coefficient (Wildman–Crippen LogP) is 3.08. The van der Waals surface area contributed by atoms with Gasteiger partial charge in [-0.15, -0.1) is 0 Å². The van der Waals surface area contributed by atoms with Gasteiger partial charge in [-0.3, -0.25) is 14.8 Å². The van der Waals surface area contributed by atoms with E-state index in [0.29, 0.717) is 42.3 Å². The fourth-order valence-electron chi connectivity index (χ4n) is 6.46. The van der Waals surface area contributed by atoms with Crippen LogP contribution >= 0.6 is 0 Å². The molecule has 3 fully saturated rings.